The Bertz CT molecular complexity index is 4710. The van der Waals surface area contributed by atoms with Crippen molar-refractivity contribution in [1.82, 2.24) is 0 Å². The fraction of sp³-hybridized carbons (Fsp3) is 0.126. The van der Waals surface area contributed by atoms with Crippen molar-refractivity contribution < 1.29 is 51.6 Å². The lowest BCUT2D eigenvalue weighted by Crippen LogP contribution is -2.09. The smallest absolute Gasteiger partial charge is 0.335 e. The van der Waals surface area contributed by atoms with Crippen LogP contribution in [0.1, 0.15) is 79.1 Å². The Morgan fingerprint density at radius 1 is 0.358 bits per heavy atom. The standard InChI is InChI=1S/C52H42N4O4.C21H19NO3.C14H15N2O4P/c1-54-52-35-39(12-6-37-8-14-42(15-9-37)55(44-18-26-48(57-2)27-19-44)45-20-28-49(58-3)29-21-45)41(36-53)34-40(52)13-7-38-10-16-43(17-11-38)56(46-22-30-50(59-4)31-23-46)47-24-32-51(60-5)33-25-47;1-24-20-11-7-18(8-12-20)22(17-5-3-16(15-23)4-6-17)19-9-13-21(25-2)14-10-19;1-3-19-21(18,20-4-2)10-14-6-11(7-15)13(9-17)5-12(14)8-16/h6-35H,2-5H3;3-15H,1-2H3;5-6,9H,3-4,10H2,1-2H3/b12-6+,13-7+;;. The van der Waals surface area contributed by atoms with Gasteiger partial charge in [0.1, 0.15) is 40.8 Å². The highest BCUT2D eigenvalue weighted by atomic mass is 31.2. The summed E-state index contributed by atoms with van der Waals surface area (Å²) in [4.78, 5) is 32.1. The average molecular weight is 1430 g/mol. The Kier molecular flexibility index (Phi) is 27.5. The second kappa shape index (κ2) is 38.0. The molecule has 530 valence electrons. The normalized spacial score (nSPS) is 10.6. The number of ether oxygens (including phenoxy) is 6. The van der Waals surface area contributed by atoms with Crippen molar-refractivity contribution in [1.29, 1.82) is 15.8 Å². The van der Waals surface area contributed by atoms with Crippen molar-refractivity contribution >= 4 is 101 Å². The van der Waals surface area contributed by atoms with E-state index >= 15 is 0 Å². The van der Waals surface area contributed by atoms with E-state index in [4.69, 9.17) is 54.6 Å². The number of methoxy groups -OCH3 is 6. The third-order valence-electron chi connectivity index (χ3n) is 16.6. The number of carbonyl (C=O) groups is 2. The summed E-state index contributed by atoms with van der Waals surface area (Å²) >= 11 is 0. The number of carbonyl (C=O) groups excluding carboxylic acids is 2. The minimum Gasteiger partial charge on any atom is -0.497 e. The molecule has 0 saturated carbocycles. The predicted molar refractivity (Wildman–Crippen MR) is 419 cm³/mol. The van der Waals surface area contributed by atoms with Gasteiger partial charge in [-0.3, -0.25) is 14.2 Å². The summed E-state index contributed by atoms with van der Waals surface area (Å²) in [7, 11) is 6.53. The van der Waals surface area contributed by atoms with E-state index in [1.165, 1.54) is 12.1 Å². The molecule has 11 aromatic rings. The molecule has 0 spiro atoms. The summed E-state index contributed by atoms with van der Waals surface area (Å²) in [5.74, 6) is 4.72. The first-order valence-corrected chi connectivity index (χ1v) is 35.1. The first-order chi connectivity index (χ1) is 51.7. The molecule has 0 N–H and O–H groups in total. The maximum atomic E-state index is 12.5. The minimum atomic E-state index is -3.38. The maximum Gasteiger partial charge on any atom is 0.335 e. The van der Waals surface area contributed by atoms with E-state index in [-0.39, 0.29) is 36.1 Å². The molecule has 0 aromatic heterocycles. The number of benzene rings is 11. The summed E-state index contributed by atoms with van der Waals surface area (Å²) in [6.07, 6.45) is 8.91. The van der Waals surface area contributed by atoms with Crippen LogP contribution >= 0.6 is 7.60 Å². The fourth-order valence-electron chi connectivity index (χ4n) is 11.2. The zero-order chi connectivity index (χ0) is 75.4. The highest BCUT2D eigenvalue weighted by Crippen LogP contribution is 2.52. The van der Waals surface area contributed by atoms with E-state index in [0.717, 1.165) is 103 Å². The van der Waals surface area contributed by atoms with Crippen molar-refractivity contribution in [3.05, 3.63) is 310 Å². The predicted octanol–water partition coefficient (Wildman–Crippen LogP) is 21.4. The van der Waals surface area contributed by atoms with Gasteiger partial charge >= 0.3 is 7.60 Å². The molecule has 11 aromatic carbocycles. The van der Waals surface area contributed by atoms with Crippen LogP contribution in [0.15, 0.2) is 243 Å². The lowest BCUT2D eigenvalue weighted by molar-refractivity contribution is 0.111. The van der Waals surface area contributed by atoms with Crippen LogP contribution in [0.3, 0.4) is 0 Å². The van der Waals surface area contributed by atoms with Crippen LogP contribution in [0.25, 0.3) is 29.1 Å². The van der Waals surface area contributed by atoms with Crippen LogP contribution in [-0.4, -0.2) is 68.4 Å². The number of nitrogens with zero attached hydrogens (tertiary/aromatic N) is 7. The number of rotatable bonds is 27. The van der Waals surface area contributed by atoms with Crippen LogP contribution in [0.2, 0.25) is 0 Å². The van der Waals surface area contributed by atoms with Gasteiger partial charge in [0.15, 0.2) is 12.0 Å². The summed E-state index contributed by atoms with van der Waals surface area (Å²) < 4.78 is 54.9. The number of aldehydes is 2. The molecule has 0 fully saturated rings. The molecule has 0 saturated heterocycles. The monoisotopic (exact) mass is 1430 g/mol. The molecule has 106 heavy (non-hydrogen) atoms. The largest absolute Gasteiger partial charge is 0.497 e. The molecular formula is C87H76N7O11P. The molecule has 0 amide bonds. The van der Waals surface area contributed by atoms with E-state index in [1.54, 1.807) is 68.6 Å². The minimum absolute atomic E-state index is 0.120. The Morgan fingerprint density at radius 3 is 0.896 bits per heavy atom. The third-order valence-corrected chi connectivity index (χ3v) is 18.6. The van der Waals surface area contributed by atoms with Gasteiger partial charge in [-0.2, -0.15) is 15.8 Å². The molecule has 19 heteroatoms. The quantitative estimate of drug-likeness (QED) is 0.0203. The Morgan fingerprint density at radius 2 is 0.632 bits per heavy atom. The van der Waals surface area contributed by atoms with E-state index in [1.807, 2.05) is 231 Å². The summed E-state index contributed by atoms with van der Waals surface area (Å²) in [5, 5.41) is 28.3. The van der Waals surface area contributed by atoms with Gasteiger partial charge < -0.3 is 52.2 Å². The van der Waals surface area contributed by atoms with Gasteiger partial charge in [0, 0.05) is 62.3 Å². The molecule has 0 aliphatic rings. The number of nitriles is 3. The molecule has 0 radical (unpaired) electrons. The van der Waals surface area contributed by atoms with Gasteiger partial charge in [-0.15, -0.1) is 0 Å². The zero-order valence-electron chi connectivity index (χ0n) is 59.7. The first kappa shape index (κ1) is 76.7. The van der Waals surface area contributed by atoms with Gasteiger partial charge in [0.05, 0.1) is 104 Å². The lowest BCUT2D eigenvalue weighted by atomic mass is 10.0. The van der Waals surface area contributed by atoms with Crippen molar-refractivity contribution in [2.45, 2.75) is 20.0 Å². The van der Waals surface area contributed by atoms with Crippen molar-refractivity contribution in [2.75, 3.05) is 70.6 Å². The van der Waals surface area contributed by atoms with Crippen LogP contribution in [0, 0.1) is 40.6 Å². The summed E-state index contributed by atoms with van der Waals surface area (Å²) in [5.41, 5.74) is 14.4. The number of hydrogen-bond donors (Lipinski definition) is 0. The Labute approximate surface area is 618 Å². The molecule has 11 rings (SSSR count). The Hall–Kier alpha value is -13.5. The van der Waals surface area contributed by atoms with Crippen molar-refractivity contribution in [3.8, 4) is 52.7 Å². The van der Waals surface area contributed by atoms with Gasteiger partial charge in [-0.1, -0.05) is 48.6 Å². The van der Waals surface area contributed by atoms with Crippen molar-refractivity contribution in [3.63, 3.8) is 0 Å². The topological polar surface area (TPSA) is 210 Å². The molecule has 18 nitrogen and oxygen atoms in total. The Balaban J connectivity index is 0.000000230. The third kappa shape index (κ3) is 19.8. The number of anilines is 9. The average Bonchev–Trinajstić information content (AvgIpc) is 0.830. The number of hydrogen-bond acceptors (Lipinski definition) is 17. The zero-order valence-corrected chi connectivity index (χ0v) is 60.6. The molecule has 0 unspecified atom stereocenters. The SMILES string of the molecule is CCOP(=O)(Cc1cc(C#N)c(C=O)cc1C#N)OCC.COc1ccc(N(c2ccc(C=O)cc2)c2ccc(OC)cc2)cc1.[C-]#[N+]c1cc(/C=C/c2ccc(N(c3ccc(OC)cc3)c3ccc(OC)cc3)cc2)c(C#N)cc1/C=C/c1ccc(N(c2ccc(OC)cc2)c2ccc(OC)cc2)cc1. The van der Waals surface area contributed by atoms with Crippen LogP contribution in [0.5, 0.6) is 34.5 Å². The van der Waals surface area contributed by atoms with E-state index < -0.39 is 7.60 Å². The van der Waals surface area contributed by atoms with Crippen LogP contribution in [-0.2, 0) is 19.8 Å². The van der Waals surface area contributed by atoms with E-state index in [2.05, 4.69) is 49.9 Å². The summed E-state index contributed by atoms with van der Waals surface area (Å²) in [6, 6.07) is 83.6. The van der Waals surface area contributed by atoms with Gasteiger partial charge in [0.2, 0.25) is 0 Å². The highest BCUT2D eigenvalue weighted by Gasteiger charge is 2.27. The van der Waals surface area contributed by atoms with Gasteiger partial charge in [0.25, 0.3) is 0 Å². The molecule has 0 bridgehead atoms. The molecule has 0 atom stereocenters. The van der Waals surface area contributed by atoms with Crippen LogP contribution < -0.4 is 43.1 Å². The second-order valence-corrected chi connectivity index (χ2v) is 25.1. The molecule has 0 heterocycles. The van der Waals surface area contributed by atoms with Gasteiger partial charge in [-0.05, 0) is 260 Å². The molecule has 0 aliphatic heterocycles. The van der Waals surface area contributed by atoms with E-state index in [0.29, 0.717) is 39.8 Å². The van der Waals surface area contributed by atoms with Gasteiger partial charge in [-0.25, -0.2) is 4.85 Å². The maximum absolute atomic E-state index is 12.5. The first-order valence-electron chi connectivity index (χ1n) is 33.3. The second-order valence-electron chi connectivity index (χ2n) is 23.0. The molecular weight excluding hydrogens is 1350 g/mol. The van der Waals surface area contributed by atoms with E-state index in [9.17, 15) is 19.4 Å². The lowest BCUT2D eigenvalue weighted by Gasteiger charge is -2.26. The summed E-state index contributed by atoms with van der Waals surface area (Å²) in [6.45, 7) is 11.8. The van der Waals surface area contributed by atoms with Crippen molar-refractivity contribution in [2.24, 2.45) is 0 Å². The molecule has 0 aliphatic carbocycles. The fourth-order valence-corrected chi connectivity index (χ4v) is 12.9. The highest BCUT2D eigenvalue weighted by molar-refractivity contribution is 7.53. The van der Waals surface area contributed by atoms with Crippen LogP contribution in [0.4, 0.5) is 56.9 Å².